The van der Waals surface area contributed by atoms with Crippen LogP contribution in [0.3, 0.4) is 0 Å². The smallest absolute Gasteiger partial charge is 0.350 e. The second-order valence-electron chi connectivity index (χ2n) is 19.1. The summed E-state index contributed by atoms with van der Waals surface area (Å²) in [6.45, 7) is 8.17. The van der Waals surface area contributed by atoms with E-state index in [1.54, 1.807) is 12.2 Å². The van der Waals surface area contributed by atoms with E-state index in [0.717, 1.165) is 81.1 Å². The van der Waals surface area contributed by atoms with Gasteiger partial charge in [0.25, 0.3) is 0 Å². The highest BCUT2D eigenvalue weighted by Gasteiger charge is 2.46. The zero-order valence-electron chi connectivity index (χ0n) is 37.6. The van der Waals surface area contributed by atoms with Gasteiger partial charge in [-0.1, -0.05) is 84.6 Å². The van der Waals surface area contributed by atoms with Crippen molar-refractivity contribution >= 4 is 47.4 Å². The predicted octanol–water partition coefficient (Wildman–Crippen LogP) is 12.5. The van der Waals surface area contributed by atoms with E-state index in [1.807, 2.05) is 0 Å². The second kappa shape index (κ2) is 24.9. The van der Waals surface area contributed by atoms with Gasteiger partial charge >= 0.3 is 23.9 Å². The minimum atomic E-state index is -0.744. The maximum atomic E-state index is 13.8. The fraction of sp³-hybridized carbons (Fsp3) is 0.745. The van der Waals surface area contributed by atoms with Crippen LogP contribution in [0.25, 0.3) is 0 Å². The van der Waals surface area contributed by atoms with Crippen molar-refractivity contribution in [1.82, 2.24) is 0 Å². The Morgan fingerprint density at radius 1 is 0.629 bits per heavy atom. The first kappa shape index (κ1) is 48.5. The molecule has 0 bridgehead atoms. The molecule has 5 aliphatic carbocycles. The quantitative estimate of drug-likeness (QED) is 0.0404. The summed E-state index contributed by atoms with van der Waals surface area (Å²) in [5, 5.41) is 9.27. The molecule has 0 aromatic carbocycles. The molecule has 342 valence electrons. The van der Waals surface area contributed by atoms with Crippen molar-refractivity contribution in [2.75, 3.05) is 13.2 Å². The first-order chi connectivity index (χ1) is 30.2. The molecule has 1 saturated heterocycles. The summed E-state index contributed by atoms with van der Waals surface area (Å²) in [6, 6.07) is 2.06. The highest BCUT2D eigenvalue weighted by molar-refractivity contribution is 8.26. The van der Waals surface area contributed by atoms with Crippen LogP contribution in [-0.2, 0) is 38.1 Å². The molecule has 2 atom stereocenters. The van der Waals surface area contributed by atoms with Crippen LogP contribution in [0.1, 0.15) is 168 Å². The lowest BCUT2D eigenvalue weighted by atomic mass is 9.68. The molecule has 0 spiro atoms. The van der Waals surface area contributed by atoms with Gasteiger partial charge in [-0.05, 0) is 138 Å². The van der Waals surface area contributed by atoms with E-state index < -0.39 is 22.4 Å². The van der Waals surface area contributed by atoms with Crippen LogP contribution in [0.15, 0.2) is 46.1 Å². The molecule has 1 heterocycles. The highest BCUT2D eigenvalue weighted by Crippen LogP contribution is 2.55. The lowest BCUT2D eigenvalue weighted by Gasteiger charge is -2.37. The Labute approximate surface area is 380 Å². The molecule has 11 heteroatoms. The van der Waals surface area contributed by atoms with Gasteiger partial charge < -0.3 is 18.9 Å². The normalized spacial score (nSPS) is 31.0. The van der Waals surface area contributed by atoms with Crippen LogP contribution in [0, 0.1) is 58.7 Å². The number of esters is 4. The Hall–Kier alpha value is -2.97. The molecule has 6 rings (SSSR count). The topological polar surface area (TPSA) is 129 Å². The van der Waals surface area contributed by atoms with Gasteiger partial charge in [-0.25, -0.2) is 9.59 Å². The first-order valence-electron chi connectivity index (χ1n) is 24.5. The average molecular weight is 892 g/mol. The number of unbranched alkanes of at least 4 members (excludes halogenated alkanes) is 3. The monoisotopic (exact) mass is 891 g/mol. The van der Waals surface area contributed by atoms with Crippen LogP contribution in [-0.4, -0.2) is 47.6 Å². The van der Waals surface area contributed by atoms with Gasteiger partial charge in [-0.2, -0.15) is 5.26 Å². The van der Waals surface area contributed by atoms with E-state index in [9.17, 15) is 24.4 Å². The molecule has 0 amide bonds. The van der Waals surface area contributed by atoms with Crippen LogP contribution in [0.5, 0.6) is 0 Å². The summed E-state index contributed by atoms with van der Waals surface area (Å²) in [5.41, 5.74) is -0.126. The molecule has 0 aromatic rings. The zero-order valence-corrected chi connectivity index (χ0v) is 39.3. The fourth-order valence-corrected chi connectivity index (χ4v) is 14.4. The summed E-state index contributed by atoms with van der Waals surface area (Å²) >= 11 is 2.58. The van der Waals surface area contributed by atoms with Crippen molar-refractivity contribution in [3.05, 3.63) is 46.1 Å². The average Bonchev–Trinajstić information content (AvgIpc) is 3.76. The third-order valence-corrected chi connectivity index (χ3v) is 18.2. The summed E-state index contributed by atoms with van der Waals surface area (Å²) in [7, 11) is 0. The lowest BCUT2D eigenvalue weighted by Crippen LogP contribution is -2.33. The number of carbonyl (C=O) groups is 4. The number of allylic oxidation sites excluding steroid dienone is 2. The lowest BCUT2D eigenvalue weighted by molar-refractivity contribution is -0.147. The van der Waals surface area contributed by atoms with Crippen LogP contribution in [0.2, 0.25) is 0 Å². The number of hydrogen-bond acceptors (Lipinski definition) is 11. The Balaban J connectivity index is 1.06. The summed E-state index contributed by atoms with van der Waals surface area (Å²) in [6.07, 6.45) is 31.7. The van der Waals surface area contributed by atoms with Crippen LogP contribution < -0.4 is 0 Å². The molecule has 1 aliphatic heterocycles. The Morgan fingerprint density at radius 3 is 1.42 bits per heavy atom. The summed E-state index contributed by atoms with van der Waals surface area (Å²) in [5.74, 6) is 3.58. The first-order valence-corrected chi connectivity index (χ1v) is 26.3. The number of fused-ring (bicyclic) bond motifs is 1. The highest BCUT2D eigenvalue weighted by atomic mass is 32.2. The molecule has 9 nitrogen and oxygen atoms in total. The zero-order chi connectivity index (χ0) is 43.8. The maximum Gasteiger partial charge on any atom is 0.350 e. The van der Waals surface area contributed by atoms with Crippen molar-refractivity contribution in [3.63, 3.8) is 0 Å². The Kier molecular flexibility index (Phi) is 19.5. The molecule has 0 N–H and O–H groups in total. The summed E-state index contributed by atoms with van der Waals surface area (Å²) in [4.78, 5) is 52.2. The van der Waals surface area contributed by atoms with E-state index in [-0.39, 0.29) is 42.6 Å². The van der Waals surface area contributed by atoms with Gasteiger partial charge in [0.2, 0.25) is 0 Å². The van der Waals surface area contributed by atoms with Crippen molar-refractivity contribution in [3.8, 4) is 6.07 Å². The SMILES string of the molecule is C=CC(=O)OCCCCOC(=O)C(C#N)=C1SC2C(OC(=O)C3CCC(C4CCC(CCCC)CC4)CC3)=CC=C(OC(=O)C3CCC(C4CCC(CCCC)CC4)CC3)C2S1. The molecular weight excluding hydrogens is 819 g/mol. The largest absolute Gasteiger partial charge is 0.463 e. The standard InChI is InChI=1S/C51H73NO8S2/c1-4-7-11-34-13-17-36(18-14-34)38-21-25-40(26-22-38)48(54)59-43-29-30-44(60-49(55)41-27-23-39(24-28-41)37-19-15-35(16-20-37)12-8-5-2)47-46(43)61-51(62-47)42(33-52)50(56)58-32-10-9-31-57-45(53)6-3/h6,29-30,34-41,46-47H,3-5,7-28,31-32H2,1-2H3. The number of nitrogens with zero attached hydrogens (tertiary/aromatic N) is 1. The number of ether oxygens (including phenoxy) is 4. The molecule has 5 fully saturated rings. The van der Waals surface area contributed by atoms with Gasteiger partial charge in [0.15, 0.2) is 5.57 Å². The van der Waals surface area contributed by atoms with Crippen molar-refractivity contribution in [2.24, 2.45) is 47.3 Å². The van der Waals surface area contributed by atoms with Gasteiger partial charge in [-0.3, -0.25) is 9.59 Å². The predicted molar refractivity (Wildman–Crippen MR) is 246 cm³/mol. The van der Waals surface area contributed by atoms with E-state index in [4.69, 9.17) is 18.9 Å². The third-order valence-electron chi connectivity index (χ3n) is 15.1. The minimum absolute atomic E-state index is 0.0571. The van der Waals surface area contributed by atoms with Gasteiger partial charge in [0.1, 0.15) is 17.6 Å². The molecule has 0 radical (unpaired) electrons. The van der Waals surface area contributed by atoms with Crippen LogP contribution >= 0.6 is 23.5 Å². The molecule has 0 aromatic heterocycles. The fourth-order valence-electron chi connectivity index (χ4n) is 11.2. The van der Waals surface area contributed by atoms with Crippen molar-refractivity contribution in [1.29, 1.82) is 5.26 Å². The number of rotatable bonds is 19. The van der Waals surface area contributed by atoms with Crippen molar-refractivity contribution < 1.29 is 38.1 Å². The van der Waals surface area contributed by atoms with Crippen molar-refractivity contribution in [2.45, 2.75) is 178 Å². The van der Waals surface area contributed by atoms with Gasteiger partial charge in [0, 0.05) is 6.08 Å². The second-order valence-corrected chi connectivity index (χ2v) is 21.7. The molecular formula is C51H73NO8S2. The van der Waals surface area contributed by atoms with Gasteiger partial charge in [-0.15, -0.1) is 23.5 Å². The molecule has 4 saturated carbocycles. The number of thioether (sulfide) groups is 2. The summed E-state index contributed by atoms with van der Waals surface area (Å²) < 4.78 is 23.4. The third kappa shape index (κ3) is 13.5. The Bertz CT molecular complexity index is 1580. The Morgan fingerprint density at radius 2 is 1.03 bits per heavy atom. The number of nitriles is 1. The number of hydrogen-bond donors (Lipinski definition) is 0. The van der Waals surface area contributed by atoms with Crippen LogP contribution in [0.4, 0.5) is 0 Å². The van der Waals surface area contributed by atoms with E-state index in [2.05, 4.69) is 26.5 Å². The van der Waals surface area contributed by atoms with E-state index >= 15 is 0 Å². The van der Waals surface area contributed by atoms with E-state index in [1.165, 1.54) is 113 Å². The number of carbonyl (C=O) groups excluding carboxylic acids is 4. The molecule has 62 heavy (non-hydrogen) atoms. The van der Waals surface area contributed by atoms with E-state index in [0.29, 0.717) is 40.4 Å². The molecule has 2 unspecified atom stereocenters. The van der Waals surface area contributed by atoms with Gasteiger partial charge in [0.05, 0.1) is 39.8 Å². The maximum absolute atomic E-state index is 13.8. The minimum Gasteiger partial charge on any atom is -0.463 e. The molecule has 6 aliphatic rings.